The first-order valence-corrected chi connectivity index (χ1v) is 6.13. The van der Waals surface area contributed by atoms with Crippen LogP contribution in [-0.2, 0) is 0 Å². The van der Waals surface area contributed by atoms with E-state index in [2.05, 4.69) is 4.99 Å². The molecule has 0 unspecified atom stereocenters. The second-order valence-corrected chi connectivity index (χ2v) is 4.56. The maximum Gasteiger partial charge on any atom is 0.488 e. The van der Waals surface area contributed by atoms with E-state index in [4.69, 9.17) is 27.4 Å². The van der Waals surface area contributed by atoms with Crippen molar-refractivity contribution in [1.29, 1.82) is 0 Å². The molecule has 0 saturated carbocycles. The zero-order valence-corrected chi connectivity index (χ0v) is 11.1. The van der Waals surface area contributed by atoms with Gasteiger partial charge in [-0.2, -0.15) is 0 Å². The molecule has 0 fully saturated rings. The number of aliphatic imine (C=N–C) groups is 1. The molecule has 0 aliphatic rings. The number of halogens is 1. The Morgan fingerprint density at radius 3 is 2.55 bits per heavy atom. The zero-order valence-electron chi connectivity index (χ0n) is 10.4. The average molecular weight is 291 g/mol. The van der Waals surface area contributed by atoms with E-state index in [-0.39, 0.29) is 5.75 Å². The van der Waals surface area contributed by atoms with Gasteiger partial charge in [-0.15, -0.1) is 0 Å². The van der Waals surface area contributed by atoms with E-state index in [0.717, 1.165) is 0 Å². The van der Waals surface area contributed by atoms with Crippen molar-refractivity contribution in [2.75, 3.05) is 5.73 Å². The smallest absolute Gasteiger partial charge is 0.488 e. The fourth-order valence-corrected chi connectivity index (χ4v) is 1.83. The normalized spacial score (nSPS) is 10.9. The first kappa shape index (κ1) is 14.4. The highest BCUT2D eigenvalue weighted by atomic mass is 35.5. The molecule has 5 nitrogen and oxygen atoms in total. The largest absolute Gasteiger partial charge is 0.508 e. The van der Waals surface area contributed by atoms with Crippen molar-refractivity contribution in [1.82, 2.24) is 0 Å². The van der Waals surface area contributed by atoms with Crippen LogP contribution in [0, 0.1) is 0 Å². The van der Waals surface area contributed by atoms with Crippen LogP contribution in [0.2, 0.25) is 5.02 Å². The van der Waals surface area contributed by atoms with Crippen molar-refractivity contribution >= 4 is 41.8 Å². The molecule has 0 amide bonds. The number of aromatic hydroxyl groups is 1. The molecule has 0 spiro atoms. The summed E-state index contributed by atoms with van der Waals surface area (Å²) in [5, 5.41) is 27.8. The topological polar surface area (TPSA) is 99.1 Å². The molecule has 2 rings (SSSR count). The summed E-state index contributed by atoms with van der Waals surface area (Å²) in [6.45, 7) is 0. The lowest BCUT2D eigenvalue weighted by Crippen LogP contribution is -2.30. The number of nitrogen functional groups attached to an aromatic ring is 1. The number of hydrogen-bond donors (Lipinski definition) is 4. The van der Waals surface area contributed by atoms with Gasteiger partial charge < -0.3 is 20.9 Å². The summed E-state index contributed by atoms with van der Waals surface area (Å²) in [6.07, 6.45) is 1.47. The fourth-order valence-electron chi connectivity index (χ4n) is 1.61. The number of phenols is 1. The minimum absolute atomic E-state index is 0.0545. The van der Waals surface area contributed by atoms with E-state index in [0.29, 0.717) is 27.4 Å². The molecule has 0 heterocycles. The van der Waals surface area contributed by atoms with Crippen LogP contribution in [0.1, 0.15) is 5.56 Å². The van der Waals surface area contributed by atoms with Crippen LogP contribution in [0.3, 0.4) is 0 Å². The van der Waals surface area contributed by atoms with Gasteiger partial charge in [0.05, 0.1) is 10.7 Å². The van der Waals surface area contributed by atoms with Gasteiger partial charge in [-0.05, 0) is 23.7 Å². The van der Waals surface area contributed by atoms with Crippen molar-refractivity contribution in [2.24, 2.45) is 4.99 Å². The third-order valence-corrected chi connectivity index (χ3v) is 2.99. The first-order chi connectivity index (χ1) is 9.47. The predicted molar refractivity (Wildman–Crippen MR) is 81.1 cm³/mol. The van der Waals surface area contributed by atoms with Gasteiger partial charge in [0.15, 0.2) is 0 Å². The van der Waals surface area contributed by atoms with Gasteiger partial charge in [0, 0.05) is 23.5 Å². The van der Waals surface area contributed by atoms with E-state index >= 15 is 0 Å². The predicted octanol–water partition coefficient (Wildman–Crippen LogP) is 1.06. The Morgan fingerprint density at radius 2 is 1.90 bits per heavy atom. The van der Waals surface area contributed by atoms with Gasteiger partial charge in [-0.25, -0.2) is 0 Å². The molecule has 0 aromatic heterocycles. The van der Waals surface area contributed by atoms with Crippen molar-refractivity contribution < 1.29 is 15.2 Å². The van der Waals surface area contributed by atoms with Crippen LogP contribution in [0.15, 0.2) is 41.4 Å². The third-order valence-electron chi connectivity index (χ3n) is 2.68. The molecule has 0 radical (unpaired) electrons. The summed E-state index contributed by atoms with van der Waals surface area (Å²) in [6, 6.07) is 9.02. The lowest BCUT2D eigenvalue weighted by atomic mass is 9.79. The summed E-state index contributed by atoms with van der Waals surface area (Å²) in [5.41, 5.74) is 7.57. The lowest BCUT2D eigenvalue weighted by Gasteiger charge is -2.04. The molecule has 0 aliphatic heterocycles. The minimum atomic E-state index is -1.57. The Hall–Kier alpha value is -2.02. The monoisotopic (exact) mass is 290 g/mol. The second kappa shape index (κ2) is 5.96. The Balaban J connectivity index is 2.33. The SMILES string of the molecule is Nc1ccc(B(O)O)cc1C=Nc1ccc(O)cc1Cl. The molecule has 2 aromatic carbocycles. The van der Waals surface area contributed by atoms with Crippen LogP contribution in [0.25, 0.3) is 0 Å². The molecule has 20 heavy (non-hydrogen) atoms. The van der Waals surface area contributed by atoms with Gasteiger partial charge in [0.2, 0.25) is 0 Å². The summed E-state index contributed by atoms with van der Waals surface area (Å²) in [5.74, 6) is 0.0545. The first-order valence-electron chi connectivity index (χ1n) is 5.75. The van der Waals surface area contributed by atoms with Crippen molar-refractivity contribution in [2.45, 2.75) is 0 Å². The van der Waals surface area contributed by atoms with Crippen LogP contribution < -0.4 is 11.2 Å². The molecule has 0 bridgehead atoms. The second-order valence-electron chi connectivity index (χ2n) is 4.16. The van der Waals surface area contributed by atoms with E-state index in [9.17, 15) is 5.11 Å². The molecule has 0 saturated heterocycles. The summed E-state index contributed by atoms with van der Waals surface area (Å²) < 4.78 is 0. The van der Waals surface area contributed by atoms with E-state index < -0.39 is 7.12 Å². The fraction of sp³-hybridized carbons (Fsp3) is 0. The average Bonchev–Trinajstić information content (AvgIpc) is 2.39. The van der Waals surface area contributed by atoms with Gasteiger partial charge in [0.25, 0.3) is 0 Å². The lowest BCUT2D eigenvalue weighted by molar-refractivity contribution is 0.426. The molecule has 2 aromatic rings. The summed E-state index contributed by atoms with van der Waals surface area (Å²) in [7, 11) is -1.57. The molecule has 102 valence electrons. The van der Waals surface area contributed by atoms with Crippen LogP contribution in [-0.4, -0.2) is 28.5 Å². The maximum atomic E-state index is 9.25. The Labute approximate surface area is 121 Å². The quantitative estimate of drug-likeness (QED) is 0.386. The molecule has 5 N–H and O–H groups in total. The van der Waals surface area contributed by atoms with E-state index in [1.165, 1.54) is 30.5 Å². The van der Waals surface area contributed by atoms with Gasteiger partial charge in [-0.1, -0.05) is 23.7 Å². The molecule has 0 atom stereocenters. The van der Waals surface area contributed by atoms with Gasteiger partial charge >= 0.3 is 7.12 Å². The van der Waals surface area contributed by atoms with Crippen molar-refractivity contribution in [3.05, 3.63) is 47.0 Å². The summed E-state index contributed by atoms with van der Waals surface area (Å²) >= 11 is 5.93. The standard InChI is InChI=1S/C13H12BClN2O3/c15-11-6-10(18)2-4-13(11)17-7-8-5-9(14(19)20)1-3-12(8)16/h1-7,18-20H,16H2. The number of nitrogens with two attached hydrogens (primary N) is 1. The molecular weight excluding hydrogens is 278 g/mol. The molecular formula is C13H12BClN2O3. The molecule has 7 heteroatoms. The summed E-state index contributed by atoms with van der Waals surface area (Å²) in [4.78, 5) is 4.17. The van der Waals surface area contributed by atoms with Crippen LogP contribution in [0.5, 0.6) is 5.75 Å². The third kappa shape index (κ3) is 3.30. The number of phenolic OH excluding ortho intramolecular Hbond substituents is 1. The van der Waals surface area contributed by atoms with Gasteiger partial charge in [-0.3, -0.25) is 4.99 Å². The Kier molecular flexibility index (Phi) is 4.29. The van der Waals surface area contributed by atoms with Gasteiger partial charge in [0.1, 0.15) is 5.75 Å². The highest BCUT2D eigenvalue weighted by Crippen LogP contribution is 2.28. The van der Waals surface area contributed by atoms with Crippen molar-refractivity contribution in [3.8, 4) is 5.75 Å². The van der Waals surface area contributed by atoms with Crippen LogP contribution >= 0.6 is 11.6 Å². The number of benzene rings is 2. The number of anilines is 1. The van der Waals surface area contributed by atoms with E-state index in [1.54, 1.807) is 12.1 Å². The van der Waals surface area contributed by atoms with E-state index in [1.807, 2.05) is 0 Å². The van der Waals surface area contributed by atoms with Crippen LogP contribution in [0.4, 0.5) is 11.4 Å². The number of hydrogen-bond acceptors (Lipinski definition) is 5. The Bertz CT molecular complexity index is 662. The van der Waals surface area contributed by atoms with Crippen molar-refractivity contribution in [3.63, 3.8) is 0 Å². The Morgan fingerprint density at radius 1 is 1.15 bits per heavy atom. The maximum absolute atomic E-state index is 9.25. The number of rotatable bonds is 3. The highest BCUT2D eigenvalue weighted by Gasteiger charge is 2.11. The number of nitrogens with zero attached hydrogens (tertiary/aromatic N) is 1. The highest BCUT2D eigenvalue weighted by molar-refractivity contribution is 6.58. The zero-order chi connectivity index (χ0) is 14.7. The molecule has 0 aliphatic carbocycles. The minimum Gasteiger partial charge on any atom is -0.508 e.